The van der Waals surface area contributed by atoms with Gasteiger partial charge in [-0.2, -0.15) is 0 Å². The van der Waals surface area contributed by atoms with Crippen LogP contribution in [0.3, 0.4) is 0 Å². The maximum Gasteiger partial charge on any atom is 0.349 e. The van der Waals surface area contributed by atoms with E-state index in [-0.39, 0.29) is 11.3 Å². The second kappa shape index (κ2) is 8.94. The summed E-state index contributed by atoms with van der Waals surface area (Å²) >= 11 is 0. The minimum Gasteiger partial charge on any atom is -0.507 e. The Hall–Kier alpha value is -2.73. The molecule has 0 bridgehead atoms. The smallest absolute Gasteiger partial charge is 0.349 e. The highest BCUT2D eigenvalue weighted by Crippen LogP contribution is 2.29. The predicted molar refractivity (Wildman–Crippen MR) is 93.0 cm³/mol. The Kier molecular flexibility index (Phi) is 6.65. The van der Waals surface area contributed by atoms with Crippen molar-refractivity contribution < 1.29 is 19.4 Å². The molecule has 2 aromatic rings. The van der Waals surface area contributed by atoms with Gasteiger partial charge in [-0.3, -0.25) is 14.7 Å². The SMILES string of the molecule is CC(=O)OC(=O)c1ccccc1O.CN1CCCC1c1cccnc1. The first-order valence-electron chi connectivity index (χ1n) is 8.10. The van der Waals surface area contributed by atoms with Crippen molar-refractivity contribution in [2.45, 2.75) is 25.8 Å². The molecule has 6 heteroatoms. The lowest BCUT2D eigenvalue weighted by Crippen LogP contribution is -2.17. The van der Waals surface area contributed by atoms with Crippen molar-refractivity contribution in [1.82, 2.24) is 9.88 Å². The highest BCUT2D eigenvalue weighted by molar-refractivity contribution is 5.98. The molecule has 6 nitrogen and oxygen atoms in total. The Morgan fingerprint density at radius 2 is 2.00 bits per heavy atom. The van der Waals surface area contributed by atoms with Gasteiger partial charge in [0.25, 0.3) is 0 Å². The van der Waals surface area contributed by atoms with Gasteiger partial charge < -0.3 is 9.84 Å². The number of hydrogen-bond donors (Lipinski definition) is 1. The molecule has 1 N–H and O–H groups in total. The summed E-state index contributed by atoms with van der Waals surface area (Å²) in [7, 11) is 2.19. The molecule has 1 aromatic heterocycles. The number of likely N-dealkylation sites (tertiary alicyclic amines) is 1. The standard InChI is InChI=1S/C10H14N2.C9H8O4/c1-12-7-3-5-10(12)9-4-2-6-11-8-9;1-6(10)13-9(12)7-4-2-3-5-8(7)11/h2,4,6,8,10H,3,5,7H2,1H3;2-5,11H,1H3. The summed E-state index contributed by atoms with van der Waals surface area (Å²) in [4.78, 5) is 28.0. The van der Waals surface area contributed by atoms with Crippen molar-refractivity contribution >= 4 is 11.9 Å². The maximum atomic E-state index is 11.1. The third-order valence-electron chi connectivity index (χ3n) is 3.95. The van der Waals surface area contributed by atoms with Crippen molar-refractivity contribution in [3.8, 4) is 5.75 Å². The van der Waals surface area contributed by atoms with Crippen molar-refractivity contribution in [3.63, 3.8) is 0 Å². The van der Waals surface area contributed by atoms with Crippen LogP contribution in [0.25, 0.3) is 0 Å². The van der Waals surface area contributed by atoms with E-state index >= 15 is 0 Å². The van der Waals surface area contributed by atoms with Crippen LogP contribution in [0, 0.1) is 0 Å². The van der Waals surface area contributed by atoms with Crippen LogP contribution in [0.2, 0.25) is 0 Å². The van der Waals surface area contributed by atoms with Gasteiger partial charge in [-0.1, -0.05) is 18.2 Å². The third-order valence-corrected chi connectivity index (χ3v) is 3.95. The summed E-state index contributed by atoms with van der Waals surface area (Å²) in [5.74, 6) is -1.74. The van der Waals surface area contributed by atoms with Gasteiger partial charge in [0, 0.05) is 25.4 Å². The molecule has 3 rings (SSSR count). The van der Waals surface area contributed by atoms with Crippen LogP contribution in [0.4, 0.5) is 0 Å². The van der Waals surface area contributed by atoms with Gasteiger partial charge in [-0.05, 0) is 50.2 Å². The number of aromatic nitrogens is 1. The normalized spacial score (nSPS) is 16.6. The molecule has 1 saturated heterocycles. The third kappa shape index (κ3) is 5.39. The molecule has 1 aromatic carbocycles. The van der Waals surface area contributed by atoms with Crippen molar-refractivity contribution in [1.29, 1.82) is 0 Å². The van der Waals surface area contributed by atoms with Crippen molar-refractivity contribution in [3.05, 3.63) is 59.9 Å². The van der Waals surface area contributed by atoms with Gasteiger partial charge in [-0.15, -0.1) is 0 Å². The molecule has 1 atom stereocenters. The first-order chi connectivity index (χ1) is 12.0. The van der Waals surface area contributed by atoms with Gasteiger partial charge in [-0.25, -0.2) is 4.79 Å². The molecule has 0 radical (unpaired) electrons. The number of phenolic OH excluding ortho intramolecular Hbond substituents is 1. The van der Waals surface area contributed by atoms with Crippen LogP contribution in [0.1, 0.15) is 41.7 Å². The zero-order chi connectivity index (χ0) is 18.2. The Bertz CT molecular complexity index is 718. The molecule has 132 valence electrons. The number of benzene rings is 1. The van der Waals surface area contributed by atoms with Crippen LogP contribution in [-0.2, 0) is 9.53 Å². The van der Waals surface area contributed by atoms with Crippen LogP contribution < -0.4 is 0 Å². The monoisotopic (exact) mass is 342 g/mol. The largest absolute Gasteiger partial charge is 0.507 e. The second-order valence-electron chi connectivity index (χ2n) is 5.82. The summed E-state index contributed by atoms with van der Waals surface area (Å²) < 4.78 is 4.28. The zero-order valence-electron chi connectivity index (χ0n) is 14.4. The summed E-state index contributed by atoms with van der Waals surface area (Å²) in [6.07, 6.45) is 6.41. The number of carbonyl (C=O) groups is 2. The Morgan fingerprint density at radius 1 is 1.24 bits per heavy atom. The number of esters is 2. The molecule has 2 heterocycles. The molecule has 0 amide bonds. The second-order valence-corrected chi connectivity index (χ2v) is 5.82. The average molecular weight is 342 g/mol. The number of nitrogens with zero attached hydrogens (tertiary/aromatic N) is 2. The molecule has 0 saturated carbocycles. The number of pyridine rings is 1. The van der Waals surface area contributed by atoms with Crippen molar-refractivity contribution in [2.24, 2.45) is 0 Å². The minimum atomic E-state index is -0.842. The summed E-state index contributed by atoms with van der Waals surface area (Å²) in [5, 5.41) is 9.18. The van der Waals surface area contributed by atoms with Crippen LogP contribution in [0.5, 0.6) is 5.75 Å². The maximum absolute atomic E-state index is 11.1. The van der Waals surface area contributed by atoms with Gasteiger partial charge >= 0.3 is 11.9 Å². The van der Waals surface area contributed by atoms with Crippen LogP contribution in [-0.4, -0.2) is 40.5 Å². The number of hydrogen-bond acceptors (Lipinski definition) is 6. The molecule has 1 aliphatic rings. The molecular weight excluding hydrogens is 320 g/mol. The summed E-state index contributed by atoms with van der Waals surface area (Å²) in [6, 6.07) is 10.6. The lowest BCUT2D eigenvalue weighted by molar-refractivity contribution is -0.135. The first kappa shape index (κ1) is 18.6. The van der Waals surface area contributed by atoms with E-state index in [1.165, 1.54) is 37.1 Å². The molecule has 0 aliphatic carbocycles. The molecule has 1 fully saturated rings. The molecule has 25 heavy (non-hydrogen) atoms. The van der Waals surface area contributed by atoms with Gasteiger partial charge in [0.2, 0.25) is 0 Å². The van der Waals surface area contributed by atoms with Gasteiger partial charge in [0.15, 0.2) is 0 Å². The van der Waals surface area contributed by atoms with E-state index in [9.17, 15) is 14.7 Å². The van der Waals surface area contributed by atoms with E-state index in [2.05, 4.69) is 27.7 Å². The first-order valence-corrected chi connectivity index (χ1v) is 8.10. The fourth-order valence-corrected chi connectivity index (χ4v) is 2.74. The van der Waals surface area contributed by atoms with Crippen molar-refractivity contribution in [2.75, 3.05) is 13.6 Å². The van der Waals surface area contributed by atoms with Gasteiger partial charge in [0.1, 0.15) is 11.3 Å². The fourth-order valence-electron chi connectivity index (χ4n) is 2.74. The predicted octanol–water partition coefficient (Wildman–Crippen LogP) is 2.94. The quantitative estimate of drug-likeness (QED) is 0.668. The fraction of sp³-hybridized carbons (Fsp3) is 0.316. The lowest BCUT2D eigenvalue weighted by Gasteiger charge is -2.18. The van der Waals surface area contributed by atoms with E-state index < -0.39 is 11.9 Å². The summed E-state index contributed by atoms with van der Waals surface area (Å²) in [5.41, 5.74) is 1.34. The molecule has 1 aliphatic heterocycles. The highest BCUT2D eigenvalue weighted by Gasteiger charge is 2.22. The molecular formula is C19H22N2O4. The molecule has 0 spiro atoms. The van der Waals surface area contributed by atoms with Gasteiger partial charge in [0.05, 0.1) is 0 Å². The zero-order valence-corrected chi connectivity index (χ0v) is 14.4. The Balaban J connectivity index is 0.000000181. The number of carbonyl (C=O) groups excluding carboxylic acids is 2. The van der Waals surface area contributed by atoms with E-state index in [4.69, 9.17) is 0 Å². The Labute approximate surface area is 147 Å². The van der Waals surface area contributed by atoms with E-state index in [0.717, 1.165) is 6.92 Å². The summed E-state index contributed by atoms with van der Waals surface area (Å²) in [6.45, 7) is 2.34. The van der Waals surface area contributed by atoms with E-state index in [1.807, 2.05) is 18.5 Å². The minimum absolute atomic E-state index is 0.0160. The highest BCUT2D eigenvalue weighted by atomic mass is 16.6. The van der Waals surface area contributed by atoms with E-state index in [1.54, 1.807) is 12.1 Å². The average Bonchev–Trinajstić information content (AvgIpc) is 3.02. The number of rotatable bonds is 2. The number of aromatic hydroxyl groups is 1. The number of ether oxygens (including phenoxy) is 1. The number of para-hydroxylation sites is 1. The van der Waals surface area contributed by atoms with Crippen LogP contribution >= 0.6 is 0 Å². The lowest BCUT2D eigenvalue weighted by atomic mass is 10.1. The van der Waals surface area contributed by atoms with Crippen LogP contribution in [0.15, 0.2) is 48.8 Å². The van der Waals surface area contributed by atoms with E-state index in [0.29, 0.717) is 6.04 Å². The topological polar surface area (TPSA) is 79.7 Å². The number of phenols is 1. The molecule has 1 unspecified atom stereocenters. The Morgan fingerprint density at radius 3 is 2.56 bits per heavy atom.